The predicted octanol–water partition coefficient (Wildman–Crippen LogP) is 3.78. The molecular formula is C22H28N6O2. The lowest BCUT2D eigenvalue weighted by atomic mass is 10.1. The van der Waals surface area contributed by atoms with Crippen LogP contribution in [0.1, 0.15) is 42.5 Å². The van der Waals surface area contributed by atoms with Crippen LogP contribution in [0.25, 0.3) is 0 Å². The number of nitrogens with one attached hydrogen (secondary N) is 2. The first kappa shape index (κ1) is 21.3. The van der Waals surface area contributed by atoms with Crippen molar-refractivity contribution in [2.24, 2.45) is 16.2 Å². The van der Waals surface area contributed by atoms with Crippen LogP contribution >= 0.6 is 0 Å². The number of amides is 2. The predicted molar refractivity (Wildman–Crippen MR) is 118 cm³/mol. The minimum atomic E-state index is -0.0824. The molecule has 0 radical (unpaired) electrons. The molecular weight excluding hydrogens is 380 g/mol. The lowest BCUT2D eigenvalue weighted by Gasteiger charge is -2.33. The Morgan fingerprint density at radius 2 is 1.77 bits per heavy atom. The van der Waals surface area contributed by atoms with Crippen LogP contribution in [0.2, 0.25) is 0 Å². The average Bonchev–Trinajstić information content (AvgIpc) is 2.71. The van der Waals surface area contributed by atoms with E-state index in [1.807, 2.05) is 30.3 Å². The highest BCUT2D eigenvalue weighted by Gasteiger charge is 2.14. The third kappa shape index (κ3) is 6.04. The molecule has 0 aliphatic carbocycles. The number of benzene rings is 2. The zero-order valence-corrected chi connectivity index (χ0v) is 17.0. The van der Waals surface area contributed by atoms with Crippen LogP contribution in [-0.4, -0.2) is 31.4 Å². The Morgan fingerprint density at radius 3 is 2.47 bits per heavy atom. The smallest absolute Gasteiger partial charge is 0.251 e. The van der Waals surface area contributed by atoms with Crippen molar-refractivity contribution in [3.8, 4) is 0 Å². The number of anilines is 2. The van der Waals surface area contributed by atoms with E-state index in [1.54, 1.807) is 18.2 Å². The van der Waals surface area contributed by atoms with Gasteiger partial charge in [-0.15, -0.1) is 5.11 Å². The summed E-state index contributed by atoms with van der Waals surface area (Å²) in [6, 6.07) is 14.8. The van der Waals surface area contributed by atoms with Crippen LogP contribution in [-0.2, 0) is 4.79 Å². The Morgan fingerprint density at radius 1 is 1.00 bits per heavy atom. The number of hydrogen-bond donors (Lipinski definition) is 3. The van der Waals surface area contributed by atoms with Crippen molar-refractivity contribution >= 4 is 28.9 Å². The zero-order chi connectivity index (χ0) is 21.2. The van der Waals surface area contributed by atoms with E-state index in [9.17, 15) is 9.59 Å². The van der Waals surface area contributed by atoms with E-state index in [-0.39, 0.29) is 11.8 Å². The molecule has 0 bridgehead atoms. The van der Waals surface area contributed by atoms with Gasteiger partial charge in [-0.1, -0.05) is 23.8 Å². The van der Waals surface area contributed by atoms with Crippen molar-refractivity contribution in [2.45, 2.75) is 32.1 Å². The van der Waals surface area contributed by atoms with Crippen LogP contribution in [0, 0.1) is 0 Å². The molecule has 8 nitrogen and oxygen atoms in total. The van der Waals surface area contributed by atoms with E-state index in [0.717, 1.165) is 32.4 Å². The second-order valence-corrected chi connectivity index (χ2v) is 7.23. The van der Waals surface area contributed by atoms with Gasteiger partial charge in [0, 0.05) is 37.3 Å². The number of carbonyl (C=O) groups is 2. The van der Waals surface area contributed by atoms with E-state index in [0.29, 0.717) is 29.9 Å². The molecule has 0 aromatic heterocycles. The molecule has 1 aliphatic heterocycles. The molecule has 4 N–H and O–H groups in total. The molecule has 2 aromatic rings. The number of para-hydroxylation sites is 1. The number of nitrogens with two attached hydrogens (primary N) is 1. The van der Waals surface area contributed by atoms with E-state index in [1.165, 1.54) is 12.1 Å². The first-order valence-electron chi connectivity index (χ1n) is 10.3. The second kappa shape index (κ2) is 10.9. The van der Waals surface area contributed by atoms with Crippen molar-refractivity contribution in [1.29, 1.82) is 0 Å². The molecule has 1 aliphatic rings. The summed E-state index contributed by atoms with van der Waals surface area (Å²) < 4.78 is 0. The third-order valence-electron chi connectivity index (χ3n) is 5.06. The number of nitrogens with zero attached hydrogens (tertiary/aromatic N) is 3. The molecule has 158 valence electrons. The SMILES string of the molecule is NN=Nc1ccccc1NC(=O)CCCCCNC(=O)c1ccc(N2CCC2)cc1. The lowest BCUT2D eigenvalue weighted by Crippen LogP contribution is -2.36. The minimum absolute atomic E-state index is 0.0615. The van der Waals surface area contributed by atoms with Gasteiger partial charge in [-0.05, 0) is 55.7 Å². The normalized spacial score (nSPS) is 13.1. The zero-order valence-electron chi connectivity index (χ0n) is 17.0. The van der Waals surface area contributed by atoms with Gasteiger partial charge in [0.05, 0.1) is 5.69 Å². The van der Waals surface area contributed by atoms with Crippen LogP contribution < -0.4 is 21.4 Å². The van der Waals surface area contributed by atoms with Gasteiger partial charge < -0.3 is 21.4 Å². The van der Waals surface area contributed by atoms with Gasteiger partial charge in [0.25, 0.3) is 5.91 Å². The summed E-state index contributed by atoms with van der Waals surface area (Å²) in [5, 5.41) is 12.8. The Kier molecular flexibility index (Phi) is 7.77. The Labute approximate surface area is 176 Å². The summed E-state index contributed by atoms with van der Waals surface area (Å²) in [5.74, 6) is 4.94. The lowest BCUT2D eigenvalue weighted by molar-refractivity contribution is -0.116. The average molecular weight is 409 g/mol. The molecule has 1 fully saturated rings. The number of hydrogen-bond acceptors (Lipinski definition) is 5. The molecule has 0 spiro atoms. The summed E-state index contributed by atoms with van der Waals surface area (Å²) in [7, 11) is 0. The summed E-state index contributed by atoms with van der Waals surface area (Å²) in [4.78, 5) is 26.6. The van der Waals surface area contributed by atoms with Crippen molar-refractivity contribution in [3.63, 3.8) is 0 Å². The highest BCUT2D eigenvalue weighted by atomic mass is 16.2. The van der Waals surface area contributed by atoms with Gasteiger partial charge in [0.15, 0.2) is 0 Å². The summed E-state index contributed by atoms with van der Waals surface area (Å²) in [6.45, 7) is 2.78. The van der Waals surface area contributed by atoms with Gasteiger partial charge in [-0.25, -0.2) is 0 Å². The van der Waals surface area contributed by atoms with Crippen molar-refractivity contribution in [1.82, 2.24) is 5.32 Å². The molecule has 0 saturated carbocycles. The Hall–Kier alpha value is -3.42. The maximum Gasteiger partial charge on any atom is 0.251 e. The first-order chi connectivity index (χ1) is 14.7. The Bertz CT molecular complexity index is 877. The fraction of sp³-hybridized carbons (Fsp3) is 0.364. The van der Waals surface area contributed by atoms with E-state index < -0.39 is 0 Å². The van der Waals surface area contributed by atoms with Crippen LogP contribution in [0.3, 0.4) is 0 Å². The van der Waals surface area contributed by atoms with Crippen molar-refractivity contribution in [2.75, 3.05) is 29.9 Å². The van der Waals surface area contributed by atoms with Gasteiger partial charge in [-0.2, -0.15) is 0 Å². The molecule has 2 aromatic carbocycles. The highest BCUT2D eigenvalue weighted by Crippen LogP contribution is 2.24. The van der Waals surface area contributed by atoms with Gasteiger partial charge in [-0.3, -0.25) is 9.59 Å². The topological polar surface area (TPSA) is 112 Å². The van der Waals surface area contributed by atoms with Crippen LogP contribution in [0.4, 0.5) is 17.1 Å². The molecule has 8 heteroatoms. The third-order valence-corrected chi connectivity index (χ3v) is 5.06. The molecule has 3 rings (SSSR count). The number of unbranched alkanes of at least 4 members (excludes halogenated alkanes) is 2. The van der Waals surface area contributed by atoms with E-state index in [2.05, 4.69) is 25.9 Å². The second-order valence-electron chi connectivity index (χ2n) is 7.23. The summed E-state index contributed by atoms with van der Waals surface area (Å²) in [5.41, 5.74) is 2.95. The Balaban J connectivity index is 1.30. The molecule has 1 heterocycles. The molecule has 30 heavy (non-hydrogen) atoms. The van der Waals surface area contributed by atoms with Gasteiger partial charge in [0.1, 0.15) is 5.69 Å². The number of rotatable bonds is 10. The molecule has 2 amide bonds. The van der Waals surface area contributed by atoms with Gasteiger partial charge in [0.2, 0.25) is 5.91 Å². The quantitative estimate of drug-likeness (QED) is 0.240. The van der Waals surface area contributed by atoms with Crippen LogP contribution in [0.5, 0.6) is 0 Å². The van der Waals surface area contributed by atoms with Crippen molar-refractivity contribution < 1.29 is 9.59 Å². The monoisotopic (exact) mass is 408 g/mol. The van der Waals surface area contributed by atoms with Gasteiger partial charge >= 0.3 is 0 Å². The van der Waals surface area contributed by atoms with E-state index >= 15 is 0 Å². The minimum Gasteiger partial charge on any atom is -0.371 e. The largest absolute Gasteiger partial charge is 0.371 e. The highest BCUT2D eigenvalue weighted by molar-refractivity contribution is 5.94. The van der Waals surface area contributed by atoms with E-state index in [4.69, 9.17) is 5.84 Å². The maximum atomic E-state index is 12.2. The molecule has 0 unspecified atom stereocenters. The van der Waals surface area contributed by atoms with Crippen molar-refractivity contribution in [3.05, 3.63) is 54.1 Å². The maximum absolute atomic E-state index is 12.2. The molecule has 1 saturated heterocycles. The summed E-state index contributed by atoms with van der Waals surface area (Å²) in [6.07, 6.45) is 4.05. The molecule has 0 atom stereocenters. The standard InChI is InChI=1S/C22H28N6O2/c23-27-26-20-8-4-3-7-19(20)25-21(29)9-2-1-5-14-24-22(30)17-10-12-18(13-11-17)28-15-6-16-28/h3-4,7-8,10-13H,1-2,5-6,9,14-16H2,(H2,23,26)(H,24,30)(H,25,29). The summed E-state index contributed by atoms with van der Waals surface area (Å²) >= 11 is 0. The first-order valence-corrected chi connectivity index (χ1v) is 10.3. The number of carbonyl (C=O) groups excluding carboxylic acids is 2. The fourth-order valence-electron chi connectivity index (χ4n) is 3.23. The van der Waals surface area contributed by atoms with Crippen LogP contribution in [0.15, 0.2) is 58.9 Å². The fourth-order valence-corrected chi connectivity index (χ4v) is 3.23.